The second kappa shape index (κ2) is 2.81. The summed E-state index contributed by atoms with van der Waals surface area (Å²) in [6.07, 6.45) is 0.583. The van der Waals surface area contributed by atoms with Crippen LogP contribution in [0.25, 0.3) is 0 Å². The molecule has 0 aromatic heterocycles. The molecule has 0 aliphatic carbocycles. The van der Waals surface area contributed by atoms with Gasteiger partial charge in [0.15, 0.2) is 0 Å². The maximum absolute atomic E-state index is 10.7. The minimum absolute atomic E-state index is 0.0718. The Bertz CT molecular complexity index is 160. The zero-order chi connectivity index (χ0) is 8.48. The molecule has 1 atom stereocenters. The van der Waals surface area contributed by atoms with E-state index in [1.165, 1.54) is 0 Å². The van der Waals surface area contributed by atoms with Crippen LogP contribution in [-0.2, 0) is 9.53 Å². The van der Waals surface area contributed by atoms with Crippen molar-refractivity contribution in [2.75, 3.05) is 6.54 Å². The summed E-state index contributed by atoms with van der Waals surface area (Å²) in [6.45, 7) is 6.65. The lowest BCUT2D eigenvalue weighted by Crippen LogP contribution is -2.28. The van der Waals surface area contributed by atoms with Crippen molar-refractivity contribution in [3.63, 3.8) is 0 Å². The molecule has 0 radical (unpaired) electrons. The third kappa shape index (κ3) is 2.89. The van der Waals surface area contributed by atoms with Gasteiger partial charge in [0.05, 0.1) is 18.1 Å². The van der Waals surface area contributed by atoms with Crippen LogP contribution in [0.2, 0.25) is 0 Å². The summed E-state index contributed by atoms with van der Waals surface area (Å²) in [7, 11) is 0. The molecule has 64 valence electrons. The molecule has 1 heterocycles. The van der Waals surface area contributed by atoms with Crippen LogP contribution in [0.5, 0.6) is 0 Å². The van der Waals surface area contributed by atoms with Crippen LogP contribution in [0.4, 0.5) is 0 Å². The first kappa shape index (κ1) is 8.53. The lowest BCUT2D eigenvalue weighted by molar-refractivity contribution is -0.120. The molecule has 1 aliphatic rings. The largest absolute Gasteiger partial charge is 0.370 e. The van der Waals surface area contributed by atoms with Crippen molar-refractivity contribution in [2.45, 2.75) is 38.9 Å². The Morgan fingerprint density at radius 3 is 2.55 bits per heavy atom. The molecule has 0 aromatic carbocycles. The van der Waals surface area contributed by atoms with Crippen molar-refractivity contribution in [3.05, 3.63) is 0 Å². The van der Waals surface area contributed by atoms with Crippen LogP contribution in [0.1, 0.15) is 27.2 Å². The average molecular weight is 157 g/mol. The molecule has 1 saturated heterocycles. The normalized spacial score (nSPS) is 25.4. The van der Waals surface area contributed by atoms with Gasteiger partial charge in [0.2, 0.25) is 5.91 Å². The highest BCUT2D eigenvalue weighted by Crippen LogP contribution is 2.15. The van der Waals surface area contributed by atoms with Crippen LogP contribution in [0, 0.1) is 0 Å². The van der Waals surface area contributed by atoms with Gasteiger partial charge in [-0.2, -0.15) is 0 Å². The third-order valence-electron chi connectivity index (χ3n) is 1.46. The Morgan fingerprint density at radius 1 is 1.55 bits per heavy atom. The molecule has 0 aromatic rings. The van der Waals surface area contributed by atoms with E-state index in [0.717, 1.165) is 0 Å². The van der Waals surface area contributed by atoms with Crippen molar-refractivity contribution >= 4 is 5.91 Å². The predicted molar refractivity (Wildman–Crippen MR) is 42.3 cm³/mol. The molecule has 11 heavy (non-hydrogen) atoms. The minimum Gasteiger partial charge on any atom is -0.370 e. The SMILES string of the molecule is CC(C)(C)O[C@@H]1CNC(=O)C1. The second-order valence-electron chi connectivity index (χ2n) is 3.86. The number of nitrogens with one attached hydrogen (secondary N) is 1. The highest BCUT2D eigenvalue weighted by Gasteiger charge is 2.26. The zero-order valence-electron chi connectivity index (χ0n) is 7.31. The summed E-state index contributed by atoms with van der Waals surface area (Å²) in [5.41, 5.74) is -0.142. The quantitative estimate of drug-likeness (QED) is 0.608. The third-order valence-corrected chi connectivity index (χ3v) is 1.46. The molecule has 1 fully saturated rings. The van der Waals surface area contributed by atoms with Gasteiger partial charge in [0.1, 0.15) is 0 Å². The van der Waals surface area contributed by atoms with E-state index in [-0.39, 0.29) is 17.6 Å². The smallest absolute Gasteiger partial charge is 0.222 e. The van der Waals surface area contributed by atoms with Gasteiger partial charge < -0.3 is 10.1 Å². The maximum atomic E-state index is 10.7. The van der Waals surface area contributed by atoms with Crippen LogP contribution in [0.3, 0.4) is 0 Å². The lowest BCUT2D eigenvalue weighted by atomic mass is 10.2. The van der Waals surface area contributed by atoms with E-state index in [9.17, 15) is 4.79 Å². The summed E-state index contributed by atoms with van der Waals surface area (Å²) in [5, 5.41) is 2.73. The van der Waals surface area contributed by atoms with Gasteiger partial charge >= 0.3 is 0 Å². The van der Waals surface area contributed by atoms with Gasteiger partial charge in [-0.15, -0.1) is 0 Å². The van der Waals surface area contributed by atoms with Gasteiger partial charge in [-0.25, -0.2) is 0 Å². The molecule has 1 amide bonds. The van der Waals surface area contributed by atoms with Crippen LogP contribution in [0.15, 0.2) is 0 Å². The lowest BCUT2D eigenvalue weighted by Gasteiger charge is -2.23. The molecule has 0 bridgehead atoms. The number of rotatable bonds is 1. The zero-order valence-corrected chi connectivity index (χ0v) is 7.31. The highest BCUT2D eigenvalue weighted by atomic mass is 16.5. The average Bonchev–Trinajstić information content (AvgIpc) is 2.10. The van der Waals surface area contributed by atoms with Gasteiger partial charge in [-0.05, 0) is 20.8 Å². The molecule has 0 unspecified atom stereocenters. The molecule has 1 rings (SSSR count). The summed E-state index contributed by atoms with van der Waals surface area (Å²) < 4.78 is 5.59. The van der Waals surface area contributed by atoms with E-state index in [4.69, 9.17) is 4.74 Å². The number of amides is 1. The standard InChI is InChI=1S/C8H15NO2/c1-8(2,3)11-6-4-7(10)9-5-6/h6H,4-5H2,1-3H3,(H,9,10)/t6-/m0/s1. The molecule has 3 heteroatoms. The van der Waals surface area contributed by atoms with E-state index in [1.54, 1.807) is 0 Å². The van der Waals surface area contributed by atoms with Crippen molar-refractivity contribution in [1.29, 1.82) is 0 Å². The summed E-state index contributed by atoms with van der Waals surface area (Å²) in [5.74, 6) is 0.0965. The molecule has 0 saturated carbocycles. The fraction of sp³-hybridized carbons (Fsp3) is 0.875. The van der Waals surface area contributed by atoms with E-state index < -0.39 is 0 Å². The summed E-state index contributed by atoms with van der Waals surface area (Å²) in [4.78, 5) is 10.7. The first-order valence-electron chi connectivity index (χ1n) is 3.92. The molecule has 3 nitrogen and oxygen atoms in total. The Hall–Kier alpha value is -0.570. The molecule has 1 N–H and O–H groups in total. The number of ether oxygens (including phenoxy) is 1. The van der Waals surface area contributed by atoms with Gasteiger partial charge in [0.25, 0.3) is 0 Å². The summed E-state index contributed by atoms with van der Waals surface area (Å²) in [6, 6.07) is 0. The van der Waals surface area contributed by atoms with Crippen LogP contribution in [-0.4, -0.2) is 24.2 Å². The van der Waals surface area contributed by atoms with E-state index >= 15 is 0 Å². The van der Waals surface area contributed by atoms with Crippen molar-refractivity contribution < 1.29 is 9.53 Å². The van der Waals surface area contributed by atoms with E-state index in [2.05, 4.69) is 5.32 Å². The van der Waals surface area contributed by atoms with Gasteiger partial charge in [-0.1, -0.05) is 0 Å². The second-order valence-corrected chi connectivity index (χ2v) is 3.86. The highest BCUT2D eigenvalue weighted by molar-refractivity contribution is 5.78. The number of hydrogen-bond acceptors (Lipinski definition) is 2. The molecular formula is C8H15NO2. The minimum atomic E-state index is -0.142. The molecule has 1 aliphatic heterocycles. The van der Waals surface area contributed by atoms with Crippen molar-refractivity contribution in [3.8, 4) is 0 Å². The number of hydrogen-bond donors (Lipinski definition) is 1. The Labute approximate surface area is 67.1 Å². The van der Waals surface area contributed by atoms with Gasteiger partial charge in [-0.3, -0.25) is 4.79 Å². The maximum Gasteiger partial charge on any atom is 0.222 e. The van der Waals surface area contributed by atoms with Crippen molar-refractivity contribution in [1.82, 2.24) is 5.32 Å². The van der Waals surface area contributed by atoms with Crippen molar-refractivity contribution in [2.24, 2.45) is 0 Å². The van der Waals surface area contributed by atoms with Gasteiger partial charge in [0, 0.05) is 6.54 Å². The topological polar surface area (TPSA) is 38.3 Å². The summed E-state index contributed by atoms with van der Waals surface area (Å²) >= 11 is 0. The fourth-order valence-corrected chi connectivity index (χ4v) is 1.16. The number of carbonyl (C=O) groups is 1. The molecule has 0 spiro atoms. The Balaban J connectivity index is 2.34. The first-order chi connectivity index (χ1) is 4.97. The fourth-order valence-electron chi connectivity index (χ4n) is 1.16. The molecular weight excluding hydrogens is 142 g/mol. The van der Waals surface area contributed by atoms with E-state index in [0.29, 0.717) is 13.0 Å². The number of carbonyl (C=O) groups excluding carboxylic acids is 1. The monoisotopic (exact) mass is 157 g/mol. The van der Waals surface area contributed by atoms with Crippen LogP contribution < -0.4 is 5.32 Å². The first-order valence-corrected chi connectivity index (χ1v) is 3.92. The predicted octanol–water partition coefficient (Wildman–Crippen LogP) is 0.690. The van der Waals surface area contributed by atoms with Crippen LogP contribution >= 0.6 is 0 Å². The van der Waals surface area contributed by atoms with E-state index in [1.807, 2.05) is 20.8 Å². The Morgan fingerprint density at radius 2 is 2.18 bits per heavy atom. The Kier molecular flexibility index (Phi) is 2.18.